The molecule has 2 aromatic rings. The fraction of sp³-hybridized carbons (Fsp3) is 0.278. The molecule has 0 unspecified atom stereocenters. The standard InChI is InChI=1S/C18H20FN3O3S/c1-2-26(24,25)22-11-5-6-13-12-14(9-10-17(13)22)20-18(23)21-16-8-4-3-7-15(16)19/h3-4,7-10,12H,2,5-6,11H2,1H3,(H2,20,21,23). The van der Waals surface area contributed by atoms with Gasteiger partial charge in [0.15, 0.2) is 0 Å². The highest BCUT2D eigenvalue weighted by molar-refractivity contribution is 7.92. The Hall–Kier alpha value is -2.61. The number of aryl methyl sites for hydroxylation is 1. The first-order valence-electron chi connectivity index (χ1n) is 8.36. The molecular formula is C18H20FN3O3S. The van der Waals surface area contributed by atoms with Crippen molar-refractivity contribution >= 4 is 33.1 Å². The number of benzene rings is 2. The van der Waals surface area contributed by atoms with Crippen molar-refractivity contribution in [3.8, 4) is 0 Å². The van der Waals surface area contributed by atoms with Gasteiger partial charge >= 0.3 is 6.03 Å². The molecule has 138 valence electrons. The zero-order chi connectivity index (χ0) is 18.7. The summed E-state index contributed by atoms with van der Waals surface area (Å²) in [6.07, 6.45) is 1.45. The van der Waals surface area contributed by atoms with Crippen LogP contribution in [0, 0.1) is 5.82 Å². The minimum absolute atomic E-state index is 0.0392. The minimum atomic E-state index is -3.32. The van der Waals surface area contributed by atoms with Crippen LogP contribution in [0.15, 0.2) is 42.5 Å². The number of anilines is 3. The molecule has 1 heterocycles. The van der Waals surface area contributed by atoms with Crippen LogP contribution in [0.25, 0.3) is 0 Å². The number of amides is 2. The van der Waals surface area contributed by atoms with Crippen molar-refractivity contribution in [2.24, 2.45) is 0 Å². The number of nitrogens with one attached hydrogen (secondary N) is 2. The number of carbonyl (C=O) groups is 1. The summed E-state index contributed by atoms with van der Waals surface area (Å²) in [6.45, 7) is 2.08. The molecule has 0 aliphatic carbocycles. The van der Waals surface area contributed by atoms with Gasteiger partial charge in [0.1, 0.15) is 5.82 Å². The van der Waals surface area contributed by atoms with E-state index in [0.29, 0.717) is 17.9 Å². The topological polar surface area (TPSA) is 78.5 Å². The van der Waals surface area contributed by atoms with Gasteiger partial charge in [-0.15, -0.1) is 0 Å². The van der Waals surface area contributed by atoms with Gasteiger partial charge < -0.3 is 10.6 Å². The summed E-state index contributed by atoms with van der Waals surface area (Å²) in [7, 11) is -3.32. The Labute approximate surface area is 152 Å². The number of rotatable bonds is 4. The zero-order valence-corrected chi connectivity index (χ0v) is 15.1. The van der Waals surface area contributed by atoms with Crippen LogP contribution < -0.4 is 14.9 Å². The number of sulfonamides is 1. The lowest BCUT2D eigenvalue weighted by atomic mass is 10.0. The smallest absolute Gasteiger partial charge is 0.308 e. The Morgan fingerprint density at radius 1 is 1.19 bits per heavy atom. The summed E-state index contributed by atoms with van der Waals surface area (Å²) in [4.78, 5) is 12.1. The summed E-state index contributed by atoms with van der Waals surface area (Å²) in [5.74, 6) is -0.481. The minimum Gasteiger partial charge on any atom is -0.308 e. The van der Waals surface area contributed by atoms with Gasteiger partial charge in [-0.05, 0) is 55.7 Å². The van der Waals surface area contributed by atoms with Gasteiger partial charge in [-0.1, -0.05) is 12.1 Å². The Balaban J connectivity index is 1.77. The third-order valence-electron chi connectivity index (χ3n) is 4.24. The normalized spacial score (nSPS) is 13.8. The van der Waals surface area contributed by atoms with E-state index in [-0.39, 0.29) is 11.4 Å². The zero-order valence-electron chi connectivity index (χ0n) is 14.3. The van der Waals surface area contributed by atoms with Crippen LogP contribution >= 0.6 is 0 Å². The predicted octanol–water partition coefficient (Wildman–Crippen LogP) is 3.57. The highest BCUT2D eigenvalue weighted by Crippen LogP contribution is 2.31. The summed E-state index contributed by atoms with van der Waals surface area (Å²) >= 11 is 0. The molecule has 8 heteroatoms. The molecule has 1 aliphatic rings. The molecule has 1 aliphatic heterocycles. The number of halogens is 1. The molecule has 0 aromatic heterocycles. The third-order valence-corrected chi connectivity index (χ3v) is 6.02. The summed E-state index contributed by atoms with van der Waals surface area (Å²) in [5.41, 5.74) is 2.12. The Kier molecular flexibility index (Phi) is 5.13. The van der Waals surface area contributed by atoms with Crippen LogP contribution in [0.5, 0.6) is 0 Å². The Bertz CT molecular complexity index is 931. The van der Waals surface area contributed by atoms with E-state index in [1.165, 1.54) is 22.5 Å². The van der Waals surface area contributed by atoms with Crippen LogP contribution in [0.2, 0.25) is 0 Å². The quantitative estimate of drug-likeness (QED) is 0.855. The third kappa shape index (κ3) is 3.80. The second kappa shape index (κ2) is 7.33. The molecule has 6 nitrogen and oxygen atoms in total. The number of urea groups is 1. The van der Waals surface area contributed by atoms with Crippen molar-refractivity contribution < 1.29 is 17.6 Å². The average Bonchev–Trinajstić information content (AvgIpc) is 2.63. The van der Waals surface area contributed by atoms with Crippen molar-refractivity contribution in [1.82, 2.24) is 0 Å². The summed E-state index contributed by atoms with van der Waals surface area (Å²) < 4.78 is 39.5. The molecule has 0 saturated carbocycles. The molecule has 0 bridgehead atoms. The lowest BCUT2D eigenvalue weighted by Gasteiger charge is -2.30. The van der Waals surface area contributed by atoms with Crippen molar-refractivity contribution in [2.45, 2.75) is 19.8 Å². The van der Waals surface area contributed by atoms with Crippen molar-refractivity contribution in [2.75, 3.05) is 27.2 Å². The molecule has 0 saturated heterocycles. The SMILES string of the molecule is CCS(=O)(=O)N1CCCc2cc(NC(=O)Nc3ccccc3F)ccc21. The largest absolute Gasteiger partial charge is 0.323 e. The lowest BCUT2D eigenvalue weighted by molar-refractivity contribution is 0.262. The number of hydrogen-bond donors (Lipinski definition) is 2. The van der Waals surface area contributed by atoms with Crippen molar-refractivity contribution in [3.05, 3.63) is 53.8 Å². The number of fused-ring (bicyclic) bond motifs is 1. The van der Waals surface area contributed by atoms with E-state index in [1.54, 1.807) is 31.2 Å². The lowest BCUT2D eigenvalue weighted by Crippen LogP contribution is -2.36. The molecule has 0 atom stereocenters. The number of hydrogen-bond acceptors (Lipinski definition) is 3. The van der Waals surface area contributed by atoms with Crippen LogP contribution in [-0.2, 0) is 16.4 Å². The fourth-order valence-electron chi connectivity index (χ4n) is 2.93. The molecule has 26 heavy (non-hydrogen) atoms. The first-order chi connectivity index (χ1) is 12.4. The Morgan fingerprint density at radius 2 is 1.96 bits per heavy atom. The Morgan fingerprint density at radius 3 is 2.69 bits per heavy atom. The van der Waals surface area contributed by atoms with Crippen LogP contribution in [0.4, 0.5) is 26.2 Å². The number of carbonyl (C=O) groups excluding carboxylic acids is 1. The van der Waals surface area contributed by atoms with Gasteiger partial charge in [0.25, 0.3) is 0 Å². The monoisotopic (exact) mass is 377 g/mol. The maximum atomic E-state index is 13.6. The number of nitrogens with zero attached hydrogens (tertiary/aromatic N) is 1. The van der Waals surface area contributed by atoms with E-state index in [1.807, 2.05) is 0 Å². The first-order valence-corrected chi connectivity index (χ1v) is 9.97. The van der Waals surface area contributed by atoms with Crippen molar-refractivity contribution in [1.29, 1.82) is 0 Å². The highest BCUT2D eigenvalue weighted by atomic mass is 32.2. The molecular weight excluding hydrogens is 357 g/mol. The van der Waals surface area contributed by atoms with Gasteiger partial charge in [0, 0.05) is 12.2 Å². The van der Waals surface area contributed by atoms with E-state index in [9.17, 15) is 17.6 Å². The first kappa shape index (κ1) is 18.2. The fourth-order valence-corrected chi connectivity index (χ4v) is 4.13. The van der Waals surface area contributed by atoms with Crippen LogP contribution in [-0.4, -0.2) is 26.7 Å². The van der Waals surface area contributed by atoms with Crippen molar-refractivity contribution in [3.63, 3.8) is 0 Å². The van der Waals surface area contributed by atoms with E-state index < -0.39 is 21.9 Å². The van der Waals surface area contributed by atoms with Gasteiger partial charge in [0.05, 0.1) is 17.1 Å². The average molecular weight is 377 g/mol. The van der Waals surface area contributed by atoms with Crippen LogP contribution in [0.1, 0.15) is 18.9 Å². The second-order valence-electron chi connectivity index (χ2n) is 5.98. The van der Waals surface area contributed by atoms with E-state index in [2.05, 4.69) is 10.6 Å². The van der Waals surface area contributed by atoms with Gasteiger partial charge in [0.2, 0.25) is 10.0 Å². The highest BCUT2D eigenvalue weighted by Gasteiger charge is 2.26. The maximum absolute atomic E-state index is 13.6. The van der Waals surface area contributed by atoms with Gasteiger partial charge in [-0.2, -0.15) is 0 Å². The molecule has 2 amide bonds. The molecule has 0 fully saturated rings. The summed E-state index contributed by atoms with van der Waals surface area (Å²) in [5, 5.41) is 5.10. The molecule has 0 radical (unpaired) electrons. The van der Waals surface area contributed by atoms with Crippen LogP contribution in [0.3, 0.4) is 0 Å². The number of para-hydroxylation sites is 1. The molecule has 2 aromatic carbocycles. The van der Waals surface area contributed by atoms with Gasteiger partial charge in [-0.3, -0.25) is 4.31 Å². The van der Waals surface area contributed by atoms with E-state index in [0.717, 1.165) is 18.4 Å². The summed E-state index contributed by atoms with van der Waals surface area (Å²) in [6, 6.07) is 10.4. The molecule has 3 rings (SSSR count). The maximum Gasteiger partial charge on any atom is 0.323 e. The van der Waals surface area contributed by atoms with E-state index in [4.69, 9.17) is 0 Å². The molecule has 2 N–H and O–H groups in total. The van der Waals surface area contributed by atoms with E-state index >= 15 is 0 Å². The molecule has 0 spiro atoms. The predicted molar refractivity (Wildman–Crippen MR) is 101 cm³/mol. The van der Waals surface area contributed by atoms with Gasteiger partial charge in [-0.25, -0.2) is 17.6 Å². The second-order valence-corrected chi connectivity index (χ2v) is 8.16.